The van der Waals surface area contributed by atoms with Crippen LogP contribution in [0.15, 0.2) is 42.9 Å². The van der Waals surface area contributed by atoms with Crippen molar-refractivity contribution in [1.29, 1.82) is 0 Å². The van der Waals surface area contributed by atoms with E-state index in [4.69, 9.17) is 5.11 Å². The van der Waals surface area contributed by atoms with Gasteiger partial charge in [-0.25, -0.2) is 9.78 Å². The van der Waals surface area contributed by atoms with Crippen LogP contribution in [0.1, 0.15) is 10.4 Å². The number of hydrogen-bond donors (Lipinski definition) is 1. The zero-order valence-electron chi connectivity index (χ0n) is 9.19. The van der Waals surface area contributed by atoms with Crippen LogP contribution in [-0.4, -0.2) is 30.7 Å². The molecule has 1 aromatic carbocycles. The number of carbonyl (C=O) groups is 1. The molecule has 18 heavy (non-hydrogen) atoms. The highest BCUT2D eigenvalue weighted by molar-refractivity contribution is 5.89. The van der Waals surface area contributed by atoms with E-state index in [9.17, 15) is 4.79 Å². The quantitative estimate of drug-likeness (QED) is 0.734. The number of rotatable bonds is 2. The van der Waals surface area contributed by atoms with E-state index in [-0.39, 0.29) is 5.56 Å². The molecule has 2 aromatic heterocycles. The van der Waals surface area contributed by atoms with E-state index < -0.39 is 5.97 Å². The van der Waals surface area contributed by atoms with Gasteiger partial charge >= 0.3 is 5.97 Å². The van der Waals surface area contributed by atoms with Crippen molar-refractivity contribution < 1.29 is 9.90 Å². The highest BCUT2D eigenvalue weighted by atomic mass is 16.4. The highest BCUT2D eigenvalue weighted by Gasteiger charge is 2.10. The lowest BCUT2D eigenvalue weighted by Gasteiger charge is -2.00. The Labute approximate surface area is 102 Å². The third kappa shape index (κ3) is 1.60. The summed E-state index contributed by atoms with van der Waals surface area (Å²) in [6, 6.07) is 8.29. The Bertz CT molecular complexity index is 736. The van der Waals surface area contributed by atoms with Gasteiger partial charge < -0.3 is 5.11 Å². The van der Waals surface area contributed by atoms with Crippen molar-refractivity contribution in [3.05, 3.63) is 48.4 Å². The number of fused-ring (bicyclic) bond motifs is 1. The van der Waals surface area contributed by atoms with Crippen LogP contribution in [0.2, 0.25) is 0 Å². The van der Waals surface area contributed by atoms with Gasteiger partial charge in [-0.2, -0.15) is 0 Å². The minimum atomic E-state index is -0.969. The van der Waals surface area contributed by atoms with Gasteiger partial charge in [0.25, 0.3) is 0 Å². The molecular formula is C12H8N4O2. The number of aromatic carboxylic acids is 1. The fourth-order valence-corrected chi connectivity index (χ4v) is 1.73. The first-order valence-corrected chi connectivity index (χ1v) is 5.24. The third-order valence-corrected chi connectivity index (χ3v) is 2.58. The molecule has 6 heteroatoms. The second-order valence-corrected chi connectivity index (χ2v) is 3.72. The second kappa shape index (κ2) is 3.92. The van der Waals surface area contributed by atoms with Crippen molar-refractivity contribution in [2.24, 2.45) is 0 Å². The lowest BCUT2D eigenvalue weighted by molar-refractivity contribution is 0.0697. The number of hydrogen-bond acceptors (Lipinski definition) is 4. The van der Waals surface area contributed by atoms with Crippen LogP contribution in [0, 0.1) is 0 Å². The van der Waals surface area contributed by atoms with Gasteiger partial charge in [0.2, 0.25) is 0 Å². The number of benzene rings is 1. The van der Waals surface area contributed by atoms with Crippen molar-refractivity contribution in [2.75, 3.05) is 0 Å². The normalized spacial score (nSPS) is 10.7. The predicted molar refractivity (Wildman–Crippen MR) is 63.2 cm³/mol. The summed E-state index contributed by atoms with van der Waals surface area (Å²) in [6.45, 7) is 0. The average molecular weight is 240 g/mol. The maximum atomic E-state index is 10.9. The van der Waals surface area contributed by atoms with Gasteiger partial charge in [-0.1, -0.05) is 12.1 Å². The lowest BCUT2D eigenvalue weighted by Crippen LogP contribution is -1.97. The SMILES string of the molecule is O=C(O)c1cccc(-c2nnc3ccncn23)c1. The molecule has 0 aliphatic carbocycles. The Morgan fingerprint density at radius 3 is 2.94 bits per heavy atom. The van der Waals surface area contributed by atoms with E-state index in [2.05, 4.69) is 15.2 Å². The molecule has 0 saturated heterocycles. The lowest BCUT2D eigenvalue weighted by atomic mass is 10.1. The van der Waals surface area contributed by atoms with E-state index in [0.29, 0.717) is 17.0 Å². The largest absolute Gasteiger partial charge is 0.478 e. The minimum Gasteiger partial charge on any atom is -0.478 e. The van der Waals surface area contributed by atoms with Crippen molar-refractivity contribution in [3.63, 3.8) is 0 Å². The maximum Gasteiger partial charge on any atom is 0.335 e. The first kappa shape index (κ1) is 10.4. The molecule has 0 aliphatic heterocycles. The van der Waals surface area contributed by atoms with Gasteiger partial charge in [-0.15, -0.1) is 10.2 Å². The van der Waals surface area contributed by atoms with Gasteiger partial charge in [-0.3, -0.25) is 4.40 Å². The summed E-state index contributed by atoms with van der Waals surface area (Å²) in [5.74, 6) is -0.398. The molecule has 3 aromatic rings. The smallest absolute Gasteiger partial charge is 0.335 e. The van der Waals surface area contributed by atoms with E-state index in [1.165, 1.54) is 6.07 Å². The fourth-order valence-electron chi connectivity index (χ4n) is 1.73. The average Bonchev–Trinajstić information content (AvgIpc) is 2.82. The minimum absolute atomic E-state index is 0.216. The zero-order valence-corrected chi connectivity index (χ0v) is 9.19. The van der Waals surface area contributed by atoms with Crippen molar-refractivity contribution in [2.45, 2.75) is 0 Å². The van der Waals surface area contributed by atoms with Crippen LogP contribution in [0.25, 0.3) is 17.0 Å². The topological polar surface area (TPSA) is 80.4 Å². The van der Waals surface area contributed by atoms with Gasteiger partial charge in [0.05, 0.1) is 5.56 Å². The van der Waals surface area contributed by atoms with Gasteiger partial charge in [0.1, 0.15) is 6.33 Å². The summed E-state index contributed by atoms with van der Waals surface area (Å²) in [6.07, 6.45) is 3.22. The number of carboxylic acid groups (broad SMARTS) is 1. The molecule has 0 unspecified atom stereocenters. The summed E-state index contributed by atoms with van der Waals surface area (Å²) < 4.78 is 1.71. The van der Waals surface area contributed by atoms with Crippen LogP contribution >= 0.6 is 0 Å². The standard InChI is InChI=1S/C12H8N4O2/c17-12(18)9-3-1-2-8(6-9)11-15-14-10-4-5-13-7-16(10)11/h1-7H,(H,17,18). The van der Waals surface area contributed by atoms with Gasteiger partial charge in [0, 0.05) is 17.8 Å². The fraction of sp³-hybridized carbons (Fsp3) is 0. The molecule has 0 saturated carbocycles. The third-order valence-electron chi connectivity index (χ3n) is 2.58. The second-order valence-electron chi connectivity index (χ2n) is 3.72. The Kier molecular flexibility index (Phi) is 2.26. The predicted octanol–water partition coefficient (Wildman–Crippen LogP) is 1.49. The van der Waals surface area contributed by atoms with Crippen LogP contribution in [0.5, 0.6) is 0 Å². The molecule has 3 rings (SSSR count). The van der Waals surface area contributed by atoms with Gasteiger partial charge in [0.15, 0.2) is 11.5 Å². The van der Waals surface area contributed by atoms with Crippen LogP contribution in [0.4, 0.5) is 0 Å². The number of carboxylic acids is 1. The Morgan fingerprint density at radius 2 is 2.11 bits per heavy atom. The van der Waals surface area contributed by atoms with Crippen molar-refractivity contribution in [3.8, 4) is 11.4 Å². The molecule has 2 heterocycles. The van der Waals surface area contributed by atoms with E-state index in [1.807, 2.05) is 0 Å². The van der Waals surface area contributed by atoms with E-state index in [0.717, 1.165) is 0 Å². The summed E-state index contributed by atoms with van der Waals surface area (Å²) in [4.78, 5) is 14.9. The summed E-state index contributed by atoms with van der Waals surface area (Å²) in [5, 5.41) is 17.0. The number of nitrogens with zero attached hydrogens (tertiary/aromatic N) is 4. The molecule has 0 spiro atoms. The Hall–Kier alpha value is -2.76. The zero-order chi connectivity index (χ0) is 12.5. The molecule has 0 amide bonds. The molecule has 6 nitrogen and oxygen atoms in total. The molecule has 0 radical (unpaired) electrons. The van der Waals surface area contributed by atoms with Crippen LogP contribution < -0.4 is 0 Å². The van der Waals surface area contributed by atoms with E-state index in [1.54, 1.807) is 41.2 Å². The Balaban J connectivity index is 2.20. The van der Waals surface area contributed by atoms with E-state index >= 15 is 0 Å². The molecule has 1 N–H and O–H groups in total. The first-order chi connectivity index (χ1) is 8.75. The molecule has 0 aliphatic rings. The van der Waals surface area contributed by atoms with Crippen molar-refractivity contribution >= 4 is 11.6 Å². The Morgan fingerprint density at radius 1 is 1.22 bits per heavy atom. The molecule has 0 atom stereocenters. The van der Waals surface area contributed by atoms with Crippen LogP contribution in [0.3, 0.4) is 0 Å². The van der Waals surface area contributed by atoms with Crippen molar-refractivity contribution in [1.82, 2.24) is 19.6 Å². The molecule has 0 bridgehead atoms. The molecule has 88 valence electrons. The number of aromatic nitrogens is 4. The highest BCUT2D eigenvalue weighted by Crippen LogP contribution is 2.18. The molecular weight excluding hydrogens is 232 g/mol. The monoisotopic (exact) mass is 240 g/mol. The first-order valence-electron chi connectivity index (χ1n) is 5.24. The van der Waals surface area contributed by atoms with Crippen LogP contribution in [-0.2, 0) is 0 Å². The van der Waals surface area contributed by atoms with Gasteiger partial charge in [-0.05, 0) is 12.1 Å². The summed E-state index contributed by atoms with van der Waals surface area (Å²) in [7, 11) is 0. The molecule has 0 fully saturated rings. The summed E-state index contributed by atoms with van der Waals surface area (Å²) >= 11 is 0. The summed E-state index contributed by atoms with van der Waals surface area (Å²) in [5.41, 5.74) is 1.57. The maximum absolute atomic E-state index is 10.9.